The Bertz CT molecular complexity index is 2220. The molecule has 2 aliphatic rings. The summed E-state index contributed by atoms with van der Waals surface area (Å²) in [6.07, 6.45) is 13.3. The van der Waals surface area contributed by atoms with E-state index < -0.39 is 0 Å². The molecular formula is C38H29N3+2. The van der Waals surface area contributed by atoms with Crippen molar-refractivity contribution in [1.82, 2.24) is 4.98 Å². The average molecular weight is 528 g/mol. The summed E-state index contributed by atoms with van der Waals surface area (Å²) in [5, 5.41) is 6.42. The molecule has 41 heavy (non-hydrogen) atoms. The minimum atomic E-state index is 1.01. The summed E-state index contributed by atoms with van der Waals surface area (Å²) in [4.78, 5) is 3.53. The second kappa shape index (κ2) is 8.74. The number of aromatic amines is 1. The van der Waals surface area contributed by atoms with Crippen LogP contribution in [0.5, 0.6) is 0 Å². The van der Waals surface area contributed by atoms with Crippen molar-refractivity contribution in [2.24, 2.45) is 0 Å². The molecule has 7 aromatic rings. The van der Waals surface area contributed by atoms with E-state index in [0.29, 0.717) is 0 Å². The van der Waals surface area contributed by atoms with Crippen molar-refractivity contribution in [1.29, 1.82) is 0 Å². The predicted octanol–water partition coefficient (Wildman–Crippen LogP) is 7.67. The molecular weight excluding hydrogens is 498 g/mol. The Morgan fingerprint density at radius 1 is 0.610 bits per heavy atom. The number of hydrogen-bond donors (Lipinski definition) is 1. The van der Waals surface area contributed by atoms with Crippen molar-refractivity contribution < 1.29 is 9.13 Å². The molecule has 4 aromatic carbocycles. The lowest BCUT2D eigenvalue weighted by atomic mass is 9.83. The summed E-state index contributed by atoms with van der Waals surface area (Å²) in [6.45, 7) is 2.03. The summed E-state index contributed by atoms with van der Waals surface area (Å²) < 4.78 is 4.91. The first-order valence-electron chi connectivity index (χ1n) is 14.6. The average Bonchev–Trinajstić information content (AvgIpc) is 3.46. The van der Waals surface area contributed by atoms with E-state index >= 15 is 0 Å². The Balaban J connectivity index is 1.19. The Kier molecular flexibility index (Phi) is 4.85. The Morgan fingerprint density at radius 3 is 2.22 bits per heavy atom. The van der Waals surface area contributed by atoms with Crippen LogP contribution in [0.4, 0.5) is 0 Å². The van der Waals surface area contributed by atoms with E-state index in [1.54, 1.807) is 0 Å². The lowest BCUT2D eigenvalue weighted by molar-refractivity contribution is -0.689. The molecule has 0 spiro atoms. The van der Waals surface area contributed by atoms with Crippen LogP contribution in [0.15, 0.2) is 110 Å². The van der Waals surface area contributed by atoms with Gasteiger partial charge in [-0.1, -0.05) is 78.9 Å². The highest BCUT2D eigenvalue weighted by Gasteiger charge is 2.34. The zero-order chi connectivity index (χ0) is 26.9. The van der Waals surface area contributed by atoms with E-state index in [1.165, 1.54) is 77.2 Å². The number of H-pyrrole nitrogens is 1. The second-order valence-corrected chi connectivity index (χ2v) is 11.4. The van der Waals surface area contributed by atoms with Crippen LogP contribution in [0.25, 0.3) is 67.1 Å². The first-order chi connectivity index (χ1) is 20.3. The molecule has 0 fully saturated rings. The third-order valence-electron chi connectivity index (χ3n) is 9.18. The van der Waals surface area contributed by atoms with Crippen molar-refractivity contribution in [2.75, 3.05) is 0 Å². The quantitative estimate of drug-likeness (QED) is 0.223. The third-order valence-corrected chi connectivity index (χ3v) is 9.18. The van der Waals surface area contributed by atoms with E-state index in [1.807, 2.05) is 0 Å². The molecule has 0 radical (unpaired) electrons. The highest BCUT2D eigenvalue weighted by molar-refractivity contribution is 6.08. The molecule has 194 valence electrons. The van der Waals surface area contributed by atoms with Gasteiger partial charge in [0.2, 0.25) is 11.4 Å². The highest BCUT2D eigenvalue weighted by atomic mass is 15.0. The van der Waals surface area contributed by atoms with Crippen LogP contribution in [0, 0.1) is 0 Å². The molecule has 5 heterocycles. The van der Waals surface area contributed by atoms with Gasteiger partial charge in [0.25, 0.3) is 0 Å². The van der Waals surface area contributed by atoms with Crippen molar-refractivity contribution in [2.45, 2.75) is 25.9 Å². The normalized spacial score (nSPS) is 13.9. The van der Waals surface area contributed by atoms with Crippen LogP contribution in [0.1, 0.15) is 22.3 Å². The summed E-state index contributed by atoms with van der Waals surface area (Å²) in [5.74, 6) is 0. The molecule has 0 unspecified atom stereocenters. The van der Waals surface area contributed by atoms with Gasteiger partial charge in [-0.3, -0.25) is 0 Å². The van der Waals surface area contributed by atoms with Gasteiger partial charge in [0, 0.05) is 48.0 Å². The lowest BCUT2D eigenvalue weighted by Gasteiger charge is -2.23. The molecule has 0 saturated carbocycles. The van der Waals surface area contributed by atoms with Crippen molar-refractivity contribution in [3.05, 3.63) is 132 Å². The molecule has 2 aliphatic heterocycles. The zero-order valence-corrected chi connectivity index (χ0v) is 22.8. The van der Waals surface area contributed by atoms with E-state index in [9.17, 15) is 0 Å². The molecule has 0 bridgehead atoms. The van der Waals surface area contributed by atoms with E-state index in [-0.39, 0.29) is 0 Å². The van der Waals surface area contributed by atoms with E-state index in [2.05, 4.69) is 136 Å². The van der Waals surface area contributed by atoms with Crippen molar-refractivity contribution >= 4 is 44.6 Å². The van der Waals surface area contributed by atoms with Gasteiger partial charge >= 0.3 is 0 Å². The fourth-order valence-corrected chi connectivity index (χ4v) is 7.15. The molecule has 3 aromatic heterocycles. The van der Waals surface area contributed by atoms with Crippen molar-refractivity contribution in [3.63, 3.8) is 0 Å². The van der Waals surface area contributed by atoms with Crippen LogP contribution in [0.3, 0.4) is 0 Å². The minimum Gasteiger partial charge on any atom is -0.360 e. The fraction of sp³-hybridized carbons (Fsp3) is 0.105. The number of pyridine rings is 2. The van der Waals surface area contributed by atoms with Gasteiger partial charge in [-0.05, 0) is 39.1 Å². The molecule has 3 heteroatoms. The van der Waals surface area contributed by atoms with E-state index in [0.717, 1.165) is 25.9 Å². The SMILES string of the molecule is C(=Cc1c[nH]c2c1ccc1ccccc12)c1cc[n+]2c(c1)-c1c(ccc3c1-c1c4ccccc4cc[n+]1CC3)CC2. The van der Waals surface area contributed by atoms with Crippen LogP contribution in [-0.2, 0) is 25.9 Å². The minimum absolute atomic E-state index is 1.01. The van der Waals surface area contributed by atoms with Gasteiger partial charge in [-0.25, -0.2) is 0 Å². The fourth-order valence-electron chi connectivity index (χ4n) is 7.15. The summed E-state index contributed by atoms with van der Waals surface area (Å²) in [7, 11) is 0. The number of hydrogen-bond acceptors (Lipinski definition) is 0. The number of nitrogens with one attached hydrogen (secondary N) is 1. The number of nitrogens with zero attached hydrogens (tertiary/aromatic N) is 2. The molecule has 0 atom stereocenters. The maximum atomic E-state index is 3.53. The first-order valence-corrected chi connectivity index (χ1v) is 14.6. The standard InChI is InChI=1S/C38H28N3/c1-3-7-31-26(5-1)13-14-32-30(24-39-37(31)32)10-9-25-15-19-40-20-17-28-11-12-29-18-22-41-21-16-27-6-2-4-8-33(27)38(41)36(29)35(28)34(40)23-25/h1-16,19,21,23-24H,17-18,20,22H2/q+1/p+1. The monoisotopic (exact) mass is 527 g/mol. The van der Waals surface area contributed by atoms with Gasteiger partial charge < -0.3 is 4.98 Å². The topological polar surface area (TPSA) is 23.5 Å². The molecule has 0 saturated heterocycles. The number of aryl methyl sites for hydroxylation is 4. The Hall–Kier alpha value is -5.02. The molecule has 0 amide bonds. The zero-order valence-electron chi connectivity index (χ0n) is 22.8. The Labute approximate surface area is 238 Å². The summed E-state index contributed by atoms with van der Waals surface area (Å²) in [5.41, 5.74) is 12.1. The number of aromatic nitrogens is 3. The predicted molar refractivity (Wildman–Crippen MR) is 167 cm³/mol. The highest BCUT2D eigenvalue weighted by Crippen LogP contribution is 2.41. The van der Waals surface area contributed by atoms with Gasteiger partial charge in [0.05, 0.1) is 22.0 Å². The Morgan fingerprint density at radius 2 is 1.34 bits per heavy atom. The first kappa shape index (κ1) is 22.8. The molecule has 3 nitrogen and oxygen atoms in total. The van der Waals surface area contributed by atoms with Gasteiger partial charge in [0.1, 0.15) is 0 Å². The van der Waals surface area contributed by atoms with Crippen LogP contribution >= 0.6 is 0 Å². The number of fused-ring (bicyclic) bond motifs is 12. The van der Waals surface area contributed by atoms with Gasteiger partial charge in [-0.2, -0.15) is 9.13 Å². The molecule has 1 N–H and O–H groups in total. The van der Waals surface area contributed by atoms with E-state index in [4.69, 9.17) is 0 Å². The maximum absolute atomic E-state index is 3.53. The van der Waals surface area contributed by atoms with Crippen molar-refractivity contribution in [3.8, 4) is 22.5 Å². The number of benzene rings is 4. The third kappa shape index (κ3) is 3.45. The summed E-state index contributed by atoms with van der Waals surface area (Å²) >= 11 is 0. The molecule has 0 aliphatic carbocycles. The second-order valence-electron chi connectivity index (χ2n) is 11.4. The largest absolute Gasteiger partial charge is 0.360 e. The van der Waals surface area contributed by atoms with Gasteiger partial charge in [0.15, 0.2) is 25.5 Å². The summed E-state index contributed by atoms with van der Waals surface area (Å²) in [6, 6.07) is 33.6. The smallest absolute Gasteiger partial charge is 0.221 e. The van der Waals surface area contributed by atoms with Crippen LogP contribution in [0.2, 0.25) is 0 Å². The van der Waals surface area contributed by atoms with Crippen LogP contribution < -0.4 is 9.13 Å². The molecule has 9 rings (SSSR count). The van der Waals surface area contributed by atoms with Gasteiger partial charge in [-0.15, -0.1) is 0 Å². The lowest BCUT2D eigenvalue weighted by Crippen LogP contribution is -2.43. The number of rotatable bonds is 2. The maximum Gasteiger partial charge on any atom is 0.221 e. The van der Waals surface area contributed by atoms with Crippen LogP contribution in [-0.4, -0.2) is 4.98 Å².